The van der Waals surface area contributed by atoms with Gasteiger partial charge in [0.2, 0.25) is 5.91 Å². The third-order valence-electron chi connectivity index (χ3n) is 4.89. The maximum atomic E-state index is 13.1. The van der Waals surface area contributed by atoms with Gasteiger partial charge in [-0.2, -0.15) is 13.2 Å². The molecule has 0 aliphatic heterocycles. The topological polar surface area (TPSA) is 101 Å². The quantitative estimate of drug-likeness (QED) is 0.604. The smallest absolute Gasteiger partial charge is 0.349 e. The van der Waals surface area contributed by atoms with Gasteiger partial charge in [-0.05, 0) is 36.6 Å². The van der Waals surface area contributed by atoms with Crippen LogP contribution in [-0.4, -0.2) is 25.8 Å². The Kier molecular flexibility index (Phi) is 6.71. The molecule has 32 heavy (non-hydrogen) atoms. The number of carbonyl (C=O) groups is 1. The lowest BCUT2D eigenvalue weighted by molar-refractivity contribution is -0.137. The molecule has 0 saturated heterocycles. The molecule has 0 saturated carbocycles. The third-order valence-corrected chi connectivity index (χ3v) is 4.89. The number of H-pyrrole nitrogens is 1. The van der Waals surface area contributed by atoms with Crippen LogP contribution in [0.4, 0.5) is 13.2 Å². The maximum Gasteiger partial charge on any atom is 0.416 e. The summed E-state index contributed by atoms with van der Waals surface area (Å²) in [6.07, 6.45) is -1.73. The van der Waals surface area contributed by atoms with Crippen LogP contribution in [0, 0.1) is 12.8 Å². The maximum absolute atomic E-state index is 13.1. The van der Waals surface area contributed by atoms with Crippen molar-refractivity contribution in [3.05, 3.63) is 75.5 Å². The molecular weight excluding hydrogens is 423 g/mol. The average Bonchev–Trinajstić information content (AvgIpc) is 2.74. The van der Waals surface area contributed by atoms with E-state index in [1.54, 1.807) is 26.8 Å². The lowest BCUT2D eigenvalue weighted by Gasteiger charge is -2.24. The van der Waals surface area contributed by atoms with Crippen LogP contribution in [0.3, 0.4) is 0 Å². The van der Waals surface area contributed by atoms with Gasteiger partial charge in [-0.25, -0.2) is 15.0 Å². The summed E-state index contributed by atoms with van der Waals surface area (Å²) in [6.45, 7) is 5.18. The van der Waals surface area contributed by atoms with Crippen LogP contribution < -0.4 is 10.9 Å². The lowest BCUT2D eigenvalue weighted by atomic mass is 9.94. The second-order valence-electron chi connectivity index (χ2n) is 7.64. The van der Waals surface area contributed by atoms with Crippen molar-refractivity contribution in [2.24, 2.45) is 5.92 Å². The van der Waals surface area contributed by atoms with Gasteiger partial charge in [-0.1, -0.05) is 26.0 Å². The van der Waals surface area contributed by atoms with Gasteiger partial charge in [0.15, 0.2) is 11.6 Å². The fraction of sp³-hybridized carbons (Fsp3) is 0.318. The Morgan fingerprint density at radius 2 is 1.84 bits per heavy atom. The van der Waals surface area contributed by atoms with Crippen molar-refractivity contribution < 1.29 is 18.0 Å². The Bertz CT molecular complexity index is 1160. The molecule has 0 bridgehead atoms. The van der Waals surface area contributed by atoms with Crippen molar-refractivity contribution in [3.8, 4) is 11.6 Å². The van der Waals surface area contributed by atoms with E-state index in [4.69, 9.17) is 0 Å². The van der Waals surface area contributed by atoms with Crippen LogP contribution in [0.25, 0.3) is 11.6 Å². The fourth-order valence-electron chi connectivity index (χ4n) is 3.27. The van der Waals surface area contributed by atoms with Crippen molar-refractivity contribution in [3.63, 3.8) is 0 Å². The van der Waals surface area contributed by atoms with E-state index in [0.29, 0.717) is 11.3 Å². The van der Waals surface area contributed by atoms with Crippen molar-refractivity contribution >= 4 is 5.91 Å². The summed E-state index contributed by atoms with van der Waals surface area (Å²) in [5.74, 6) is -0.257. The molecule has 1 aromatic carbocycles. The average molecular weight is 445 g/mol. The van der Waals surface area contributed by atoms with Crippen LogP contribution in [0.1, 0.15) is 42.3 Å². The number of rotatable bonds is 6. The van der Waals surface area contributed by atoms with Gasteiger partial charge in [-0.3, -0.25) is 9.59 Å². The predicted molar refractivity (Wildman–Crippen MR) is 111 cm³/mol. The van der Waals surface area contributed by atoms with Gasteiger partial charge in [0.05, 0.1) is 18.0 Å². The molecule has 0 aliphatic rings. The first-order valence-electron chi connectivity index (χ1n) is 9.90. The van der Waals surface area contributed by atoms with Gasteiger partial charge in [0, 0.05) is 23.7 Å². The summed E-state index contributed by atoms with van der Waals surface area (Å²) >= 11 is 0. The number of hydrogen-bond acceptors (Lipinski definition) is 5. The summed E-state index contributed by atoms with van der Waals surface area (Å²) in [5, 5.41) is 2.75. The molecule has 2 aromatic heterocycles. The molecule has 1 unspecified atom stereocenters. The minimum absolute atomic E-state index is 0.161. The molecule has 2 N–H and O–H groups in total. The molecule has 3 rings (SSSR count). The summed E-state index contributed by atoms with van der Waals surface area (Å²) in [5.41, 5.74) is -0.455. The SMILES string of the molecule is Cc1nc(-c2ncccn2)[nH]c(=O)c1CC(=O)NC(c1cccc(C(F)(F)F)c1)C(C)C. The monoisotopic (exact) mass is 445 g/mol. The molecule has 1 atom stereocenters. The molecule has 0 spiro atoms. The highest BCUT2D eigenvalue weighted by molar-refractivity contribution is 5.79. The highest BCUT2D eigenvalue weighted by atomic mass is 19.4. The first-order valence-corrected chi connectivity index (χ1v) is 9.90. The third kappa shape index (κ3) is 5.37. The number of carbonyl (C=O) groups excluding carboxylic acids is 1. The van der Waals surface area contributed by atoms with E-state index < -0.39 is 29.2 Å². The van der Waals surface area contributed by atoms with E-state index in [1.807, 2.05) is 0 Å². The zero-order valence-corrected chi connectivity index (χ0v) is 17.7. The Morgan fingerprint density at radius 3 is 2.44 bits per heavy atom. The highest BCUT2D eigenvalue weighted by Gasteiger charge is 2.31. The molecular formula is C22H22F3N5O2. The van der Waals surface area contributed by atoms with E-state index >= 15 is 0 Å². The normalized spacial score (nSPS) is 12.6. The number of nitrogens with zero attached hydrogens (tertiary/aromatic N) is 3. The van der Waals surface area contributed by atoms with Gasteiger partial charge in [0.25, 0.3) is 5.56 Å². The molecule has 2 heterocycles. The van der Waals surface area contributed by atoms with Crippen LogP contribution in [0.2, 0.25) is 0 Å². The fourth-order valence-corrected chi connectivity index (χ4v) is 3.27. The van der Waals surface area contributed by atoms with Gasteiger partial charge < -0.3 is 10.3 Å². The number of aromatic amines is 1. The van der Waals surface area contributed by atoms with E-state index in [2.05, 4.69) is 25.3 Å². The van der Waals surface area contributed by atoms with Crippen LogP contribution in [-0.2, 0) is 17.4 Å². The number of amides is 1. The number of nitrogens with one attached hydrogen (secondary N) is 2. The van der Waals surface area contributed by atoms with Crippen molar-refractivity contribution in [2.75, 3.05) is 0 Å². The van der Waals surface area contributed by atoms with E-state index in [1.165, 1.54) is 24.5 Å². The number of halogens is 3. The molecule has 0 aliphatic carbocycles. The Balaban J connectivity index is 1.81. The number of aromatic nitrogens is 4. The second kappa shape index (κ2) is 9.29. The first-order chi connectivity index (χ1) is 15.1. The number of benzene rings is 1. The van der Waals surface area contributed by atoms with Gasteiger partial charge in [0.1, 0.15) is 0 Å². The number of aryl methyl sites for hydroxylation is 1. The number of hydrogen-bond donors (Lipinski definition) is 2. The van der Waals surface area contributed by atoms with Gasteiger partial charge >= 0.3 is 6.18 Å². The van der Waals surface area contributed by atoms with Crippen LogP contribution in [0.5, 0.6) is 0 Å². The molecule has 168 valence electrons. The summed E-state index contributed by atoms with van der Waals surface area (Å²) < 4.78 is 39.3. The van der Waals surface area contributed by atoms with Crippen molar-refractivity contribution in [1.29, 1.82) is 0 Å². The van der Waals surface area contributed by atoms with Crippen molar-refractivity contribution in [2.45, 2.75) is 39.4 Å². The summed E-state index contributed by atoms with van der Waals surface area (Å²) in [6, 6.07) is 5.82. The Hall–Kier alpha value is -3.56. The molecule has 0 radical (unpaired) electrons. The standard InChI is InChI=1S/C22H22F3N5O2/c1-12(2)18(14-6-4-7-15(10-14)22(23,24)25)29-17(31)11-16-13(3)28-20(30-21(16)32)19-26-8-5-9-27-19/h4-10,12,18H,11H2,1-3H3,(H,29,31)(H,28,30,32). The molecule has 0 fully saturated rings. The molecule has 3 aromatic rings. The van der Waals surface area contributed by atoms with E-state index in [0.717, 1.165) is 12.1 Å². The Labute approximate surface area is 182 Å². The predicted octanol–water partition coefficient (Wildman–Crippen LogP) is 3.61. The molecule has 10 heteroatoms. The number of alkyl halides is 3. The lowest BCUT2D eigenvalue weighted by Crippen LogP contribution is -2.34. The minimum Gasteiger partial charge on any atom is -0.349 e. The van der Waals surface area contributed by atoms with Crippen LogP contribution >= 0.6 is 0 Å². The zero-order chi connectivity index (χ0) is 23.5. The summed E-state index contributed by atoms with van der Waals surface area (Å²) in [7, 11) is 0. The highest BCUT2D eigenvalue weighted by Crippen LogP contribution is 2.32. The van der Waals surface area contributed by atoms with Crippen LogP contribution in [0.15, 0.2) is 47.5 Å². The second-order valence-corrected chi connectivity index (χ2v) is 7.64. The zero-order valence-electron chi connectivity index (χ0n) is 17.7. The molecule has 1 amide bonds. The van der Waals surface area contributed by atoms with Gasteiger partial charge in [-0.15, -0.1) is 0 Å². The van der Waals surface area contributed by atoms with Crippen molar-refractivity contribution in [1.82, 2.24) is 25.3 Å². The van der Waals surface area contributed by atoms with E-state index in [-0.39, 0.29) is 29.6 Å². The first kappa shape index (κ1) is 23.1. The van der Waals surface area contributed by atoms with E-state index in [9.17, 15) is 22.8 Å². The summed E-state index contributed by atoms with van der Waals surface area (Å²) in [4.78, 5) is 40.2. The Morgan fingerprint density at radius 1 is 1.16 bits per heavy atom. The minimum atomic E-state index is -4.48. The molecule has 7 nitrogen and oxygen atoms in total. The largest absolute Gasteiger partial charge is 0.416 e.